The molecule has 1 aliphatic carbocycles. The van der Waals surface area contributed by atoms with Gasteiger partial charge in [0.25, 0.3) is 0 Å². The molecule has 1 aromatic heterocycles. The quantitative estimate of drug-likeness (QED) is 0.634. The smallest absolute Gasteiger partial charge is 0.348 e. The second-order valence-corrected chi connectivity index (χ2v) is 8.69. The van der Waals surface area contributed by atoms with Crippen molar-refractivity contribution >= 4 is 17.5 Å². The second-order valence-electron chi connectivity index (χ2n) is 8.28. The van der Waals surface area contributed by atoms with Crippen molar-refractivity contribution in [1.29, 1.82) is 0 Å². The van der Waals surface area contributed by atoms with Crippen molar-refractivity contribution in [3.8, 4) is 22.6 Å². The third-order valence-corrected chi connectivity index (χ3v) is 6.48. The van der Waals surface area contributed by atoms with E-state index in [4.69, 9.17) is 16.3 Å². The first-order valence-electron chi connectivity index (χ1n) is 10.6. The third-order valence-electron chi connectivity index (χ3n) is 6.16. The Bertz CT molecular complexity index is 1250. The average molecular weight is 457 g/mol. The molecule has 3 aromatic rings. The number of hydrogen-bond acceptors (Lipinski definition) is 4. The fourth-order valence-electron chi connectivity index (χ4n) is 4.28. The van der Waals surface area contributed by atoms with Gasteiger partial charge in [-0.1, -0.05) is 23.7 Å². The predicted octanol–water partition coefficient (Wildman–Crippen LogP) is 3.75. The van der Waals surface area contributed by atoms with E-state index in [9.17, 15) is 9.59 Å². The van der Waals surface area contributed by atoms with Crippen molar-refractivity contribution in [2.45, 2.75) is 25.2 Å². The van der Waals surface area contributed by atoms with Gasteiger partial charge in [-0.05, 0) is 54.7 Å². The van der Waals surface area contributed by atoms with E-state index in [0.29, 0.717) is 41.7 Å². The number of aromatic nitrogens is 3. The molecule has 5 rings (SSSR count). The first kappa shape index (κ1) is 20.8. The highest BCUT2D eigenvalue weighted by Crippen LogP contribution is 2.35. The van der Waals surface area contributed by atoms with Crippen LogP contribution in [0, 0.1) is 11.7 Å². The van der Waals surface area contributed by atoms with Crippen LogP contribution in [-0.2, 0) is 4.79 Å². The molecule has 2 heterocycles. The third kappa shape index (κ3) is 3.68. The summed E-state index contributed by atoms with van der Waals surface area (Å²) in [7, 11) is 1.52. The Morgan fingerprint density at radius 2 is 1.94 bits per heavy atom. The number of hydrogen-bond donors (Lipinski definition) is 1. The molecule has 7 nitrogen and oxygen atoms in total. The molecule has 2 aromatic carbocycles. The molecule has 0 bridgehead atoms. The fraction of sp³-hybridized carbons (Fsp3) is 0.348. The Kier molecular flexibility index (Phi) is 5.25. The maximum Gasteiger partial charge on any atom is 0.348 e. The van der Waals surface area contributed by atoms with E-state index in [0.717, 1.165) is 18.4 Å². The highest BCUT2D eigenvalue weighted by Gasteiger charge is 2.38. The number of likely N-dealkylation sites (tertiary alicyclic amines) is 1. The number of amides is 1. The van der Waals surface area contributed by atoms with Gasteiger partial charge in [0.15, 0.2) is 0 Å². The number of rotatable bonds is 5. The molecule has 9 heteroatoms. The summed E-state index contributed by atoms with van der Waals surface area (Å²) in [6.45, 7) is 1.12. The van der Waals surface area contributed by atoms with E-state index < -0.39 is 11.5 Å². The first-order valence-corrected chi connectivity index (χ1v) is 10.9. The molecule has 1 saturated carbocycles. The lowest BCUT2D eigenvalue weighted by Gasteiger charge is -2.16. The first-order chi connectivity index (χ1) is 15.5. The van der Waals surface area contributed by atoms with Crippen molar-refractivity contribution in [2.75, 3.05) is 20.2 Å². The molecule has 0 spiro atoms. The largest absolute Gasteiger partial charge is 0.495 e. The van der Waals surface area contributed by atoms with Gasteiger partial charge in [-0.3, -0.25) is 4.79 Å². The average Bonchev–Trinajstić information content (AvgIpc) is 3.41. The van der Waals surface area contributed by atoms with Crippen molar-refractivity contribution in [2.24, 2.45) is 5.92 Å². The van der Waals surface area contributed by atoms with E-state index in [1.54, 1.807) is 30.3 Å². The van der Waals surface area contributed by atoms with Crippen LogP contribution in [-0.4, -0.2) is 45.8 Å². The molecule has 0 radical (unpaired) electrons. The molecule has 2 fully saturated rings. The molecule has 32 heavy (non-hydrogen) atoms. The summed E-state index contributed by atoms with van der Waals surface area (Å²) in [5, 5.41) is 7.08. The van der Waals surface area contributed by atoms with Gasteiger partial charge in [-0.2, -0.15) is 5.10 Å². The predicted molar refractivity (Wildman–Crippen MR) is 118 cm³/mol. The summed E-state index contributed by atoms with van der Waals surface area (Å²) in [6.07, 6.45) is 2.58. The van der Waals surface area contributed by atoms with Gasteiger partial charge in [0.1, 0.15) is 17.4 Å². The Morgan fingerprint density at radius 3 is 2.66 bits per heavy atom. The highest BCUT2D eigenvalue weighted by atomic mass is 35.5. The zero-order valence-electron chi connectivity index (χ0n) is 17.5. The molecule has 1 atom stereocenters. The summed E-state index contributed by atoms with van der Waals surface area (Å²) in [6, 6.07) is 9.87. The van der Waals surface area contributed by atoms with E-state index in [-0.39, 0.29) is 23.4 Å². The molecule has 1 amide bonds. The standard InChI is InChI=1S/C23H22ClFN4O3/c1-32-20-11-15(4-6-17(20)24)14-5-7-19(18(25)10-14)29-21(26-27-23(29)31)16-8-9-28(12-16)22(30)13-2-3-13/h4-7,10-11,13,16H,2-3,8-9,12H2,1H3,(H,27,31). The van der Waals surface area contributed by atoms with E-state index in [2.05, 4.69) is 10.2 Å². The molecule has 1 aliphatic heterocycles. The van der Waals surface area contributed by atoms with Gasteiger partial charge in [-0.15, -0.1) is 0 Å². The van der Waals surface area contributed by atoms with E-state index in [1.165, 1.54) is 17.7 Å². The summed E-state index contributed by atoms with van der Waals surface area (Å²) < 4.78 is 21.7. The number of methoxy groups -OCH3 is 1. The van der Waals surface area contributed by atoms with Crippen LogP contribution in [0.3, 0.4) is 0 Å². The second kappa shape index (κ2) is 8.09. The van der Waals surface area contributed by atoms with Crippen LogP contribution >= 0.6 is 11.6 Å². The van der Waals surface area contributed by atoms with Crippen LogP contribution in [0.4, 0.5) is 4.39 Å². The van der Waals surface area contributed by atoms with Crippen LogP contribution < -0.4 is 10.4 Å². The monoisotopic (exact) mass is 456 g/mol. The summed E-state index contributed by atoms with van der Waals surface area (Å²) in [4.78, 5) is 26.7. The van der Waals surface area contributed by atoms with Gasteiger partial charge in [-0.25, -0.2) is 18.9 Å². The molecule has 1 N–H and O–H groups in total. The lowest BCUT2D eigenvalue weighted by molar-refractivity contribution is -0.131. The number of aromatic amines is 1. The number of H-pyrrole nitrogens is 1. The topological polar surface area (TPSA) is 80.2 Å². The number of carbonyl (C=O) groups is 1. The van der Waals surface area contributed by atoms with Gasteiger partial charge in [0.05, 0.1) is 17.8 Å². The summed E-state index contributed by atoms with van der Waals surface area (Å²) >= 11 is 6.08. The maximum atomic E-state index is 15.2. The van der Waals surface area contributed by atoms with Crippen LogP contribution in [0.5, 0.6) is 5.75 Å². The SMILES string of the molecule is COc1cc(-c2ccc(-n3c(C4CCN(C(=O)C5CC5)C4)n[nH]c3=O)c(F)c2)ccc1Cl. The van der Waals surface area contributed by atoms with Crippen LogP contribution in [0.2, 0.25) is 5.02 Å². The van der Waals surface area contributed by atoms with Gasteiger partial charge in [0, 0.05) is 24.9 Å². The Hall–Kier alpha value is -3.13. The van der Waals surface area contributed by atoms with Gasteiger partial charge < -0.3 is 9.64 Å². The minimum absolute atomic E-state index is 0.121. The molecule has 1 saturated heterocycles. The molecule has 1 unspecified atom stereocenters. The van der Waals surface area contributed by atoms with Gasteiger partial charge in [0.2, 0.25) is 5.91 Å². The number of nitrogens with zero attached hydrogens (tertiary/aromatic N) is 3. The normalized spacial score (nSPS) is 18.2. The molecular formula is C23H22ClFN4O3. The van der Waals surface area contributed by atoms with Crippen LogP contribution in [0.15, 0.2) is 41.2 Å². The Morgan fingerprint density at radius 1 is 1.19 bits per heavy atom. The van der Waals surface area contributed by atoms with Crippen LogP contribution in [0.25, 0.3) is 16.8 Å². The zero-order chi connectivity index (χ0) is 22.4. The maximum absolute atomic E-state index is 15.2. The number of carbonyl (C=O) groups excluding carboxylic acids is 1. The number of ether oxygens (including phenoxy) is 1. The molecular weight excluding hydrogens is 435 g/mol. The minimum atomic E-state index is -0.551. The lowest BCUT2D eigenvalue weighted by atomic mass is 10.0. The lowest BCUT2D eigenvalue weighted by Crippen LogP contribution is -2.30. The van der Waals surface area contributed by atoms with Gasteiger partial charge >= 0.3 is 5.69 Å². The summed E-state index contributed by atoms with van der Waals surface area (Å²) in [5.74, 6) is 0.577. The Labute approximate surface area is 188 Å². The van der Waals surface area contributed by atoms with Crippen molar-refractivity contribution < 1.29 is 13.9 Å². The fourth-order valence-corrected chi connectivity index (χ4v) is 4.48. The minimum Gasteiger partial charge on any atom is -0.495 e. The number of nitrogens with one attached hydrogen (secondary N) is 1. The molecule has 2 aliphatic rings. The van der Waals surface area contributed by atoms with E-state index in [1.807, 2.05) is 4.90 Å². The van der Waals surface area contributed by atoms with Crippen molar-refractivity contribution in [3.63, 3.8) is 0 Å². The molecule has 166 valence electrons. The number of benzene rings is 2. The Balaban J connectivity index is 1.45. The number of halogens is 2. The highest BCUT2D eigenvalue weighted by molar-refractivity contribution is 6.32. The van der Waals surface area contributed by atoms with Crippen LogP contribution in [0.1, 0.15) is 31.0 Å². The van der Waals surface area contributed by atoms with Crippen molar-refractivity contribution in [1.82, 2.24) is 19.7 Å². The van der Waals surface area contributed by atoms with Crippen molar-refractivity contribution in [3.05, 3.63) is 63.5 Å². The zero-order valence-corrected chi connectivity index (χ0v) is 18.2. The summed E-state index contributed by atoms with van der Waals surface area (Å²) in [5.41, 5.74) is 0.977. The van der Waals surface area contributed by atoms with E-state index >= 15 is 4.39 Å².